The van der Waals surface area contributed by atoms with Crippen LogP contribution < -0.4 is 4.74 Å². The van der Waals surface area contributed by atoms with Crippen LogP contribution in [0.1, 0.15) is 15.9 Å². The van der Waals surface area contributed by atoms with Crippen molar-refractivity contribution < 1.29 is 9.53 Å². The summed E-state index contributed by atoms with van der Waals surface area (Å²) in [5.74, 6) is 0.774. The van der Waals surface area contributed by atoms with Crippen LogP contribution in [0.5, 0.6) is 5.75 Å². The SMILES string of the molecule is COc1ccc(C(=O)Cc2ccc(-c3nc4ccccc4s3)c(Cl)c2)cc1. The fraction of sp³-hybridized carbons (Fsp3) is 0.0909. The lowest BCUT2D eigenvalue weighted by Gasteiger charge is -2.06. The van der Waals surface area contributed by atoms with E-state index in [1.165, 1.54) is 0 Å². The Morgan fingerprint density at radius 3 is 2.56 bits per heavy atom. The first-order valence-electron chi connectivity index (χ1n) is 8.45. The van der Waals surface area contributed by atoms with E-state index >= 15 is 0 Å². The Morgan fingerprint density at radius 2 is 1.85 bits per heavy atom. The molecule has 1 aromatic heterocycles. The number of carbonyl (C=O) groups is 1. The van der Waals surface area contributed by atoms with Crippen molar-refractivity contribution in [3.63, 3.8) is 0 Å². The molecule has 3 nitrogen and oxygen atoms in total. The number of halogens is 1. The lowest BCUT2D eigenvalue weighted by molar-refractivity contribution is 0.0993. The molecule has 27 heavy (non-hydrogen) atoms. The molecule has 0 amide bonds. The quantitative estimate of drug-likeness (QED) is 0.387. The number of methoxy groups -OCH3 is 1. The Morgan fingerprint density at radius 1 is 1.07 bits per heavy atom. The average Bonchev–Trinajstić information content (AvgIpc) is 3.12. The van der Waals surface area contributed by atoms with Crippen LogP contribution in [0.3, 0.4) is 0 Å². The maximum atomic E-state index is 12.5. The summed E-state index contributed by atoms with van der Waals surface area (Å²) in [6.07, 6.45) is 0.298. The Balaban J connectivity index is 1.56. The van der Waals surface area contributed by atoms with Crippen molar-refractivity contribution in [3.8, 4) is 16.3 Å². The van der Waals surface area contributed by atoms with Gasteiger partial charge in [0, 0.05) is 17.5 Å². The van der Waals surface area contributed by atoms with Gasteiger partial charge in [0.05, 0.1) is 22.3 Å². The van der Waals surface area contributed by atoms with Crippen LogP contribution in [0.25, 0.3) is 20.8 Å². The standard InChI is InChI=1S/C22H16ClNO2S/c1-26-16-9-7-15(8-10-16)20(25)13-14-6-11-17(18(23)12-14)22-24-19-4-2-3-5-21(19)27-22/h2-12H,13H2,1H3. The zero-order chi connectivity index (χ0) is 18.8. The van der Waals surface area contributed by atoms with E-state index in [1.54, 1.807) is 42.7 Å². The van der Waals surface area contributed by atoms with Crippen LogP contribution in [0, 0.1) is 0 Å². The zero-order valence-electron chi connectivity index (χ0n) is 14.6. The monoisotopic (exact) mass is 393 g/mol. The highest BCUT2D eigenvalue weighted by atomic mass is 35.5. The van der Waals surface area contributed by atoms with E-state index in [4.69, 9.17) is 16.3 Å². The Kier molecular flexibility index (Phi) is 4.92. The summed E-state index contributed by atoms with van der Waals surface area (Å²) in [5, 5.41) is 1.49. The van der Waals surface area contributed by atoms with Crippen LogP contribution in [0.2, 0.25) is 5.02 Å². The van der Waals surface area contributed by atoms with Crippen LogP contribution in [0.15, 0.2) is 66.7 Å². The first-order valence-corrected chi connectivity index (χ1v) is 9.65. The van der Waals surface area contributed by atoms with E-state index in [9.17, 15) is 4.79 Å². The molecule has 0 atom stereocenters. The van der Waals surface area contributed by atoms with Crippen LogP contribution in [-0.2, 0) is 6.42 Å². The van der Waals surface area contributed by atoms with Crippen molar-refractivity contribution in [1.82, 2.24) is 4.98 Å². The second-order valence-corrected chi connectivity index (χ2v) is 7.57. The number of carbonyl (C=O) groups excluding carboxylic acids is 1. The van der Waals surface area contributed by atoms with Gasteiger partial charge in [-0.05, 0) is 48.0 Å². The highest BCUT2D eigenvalue weighted by Crippen LogP contribution is 2.34. The number of aromatic nitrogens is 1. The largest absolute Gasteiger partial charge is 0.497 e. The summed E-state index contributed by atoms with van der Waals surface area (Å²) in [4.78, 5) is 17.2. The molecule has 3 aromatic carbocycles. The molecule has 0 aliphatic rings. The van der Waals surface area contributed by atoms with Gasteiger partial charge in [0.15, 0.2) is 5.78 Å². The van der Waals surface area contributed by atoms with Gasteiger partial charge in [-0.15, -0.1) is 11.3 Å². The van der Waals surface area contributed by atoms with Crippen LogP contribution in [0.4, 0.5) is 0 Å². The second-order valence-electron chi connectivity index (χ2n) is 6.13. The third-order valence-electron chi connectivity index (χ3n) is 4.33. The third-order valence-corrected chi connectivity index (χ3v) is 5.72. The topological polar surface area (TPSA) is 39.2 Å². The van der Waals surface area contributed by atoms with Gasteiger partial charge in [0.1, 0.15) is 10.8 Å². The van der Waals surface area contributed by atoms with Gasteiger partial charge >= 0.3 is 0 Å². The van der Waals surface area contributed by atoms with E-state index < -0.39 is 0 Å². The predicted molar refractivity (Wildman–Crippen MR) is 111 cm³/mol. The molecule has 0 fully saturated rings. The van der Waals surface area contributed by atoms with Crippen LogP contribution >= 0.6 is 22.9 Å². The molecule has 0 spiro atoms. The van der Waals surface area contributed by atoms with E-state index in [2.05, 4.69) is 4.98 Å². The number of thiazole rings is 1. The van der Waals surface area contributed by atoms with E-state index in [0.717, 1.165) is 32.1 Å². The maximum absolute atomic E-state index is 12.5. The number of fused-ring (bicyclic) bond motifs is 1. The summed E-state index contributed by atoms with van der Waals surface area (Å²) >= 11 is 8.11. The van der Waals surface area contributed by atoms with Gasteiger partial charge in [-0.1, -0.05) is 35.9 Å². The smallest absolute Gasteiger partial charge is 0.167 e. The zero-order valence-corrected chi connectivity index (χ0v) is 16.2. The van der Waals surface area contributed by atoms with Gasteiger partial charge in [-0.25, -0.2) is 4.98 Å². The molecule has 4 rings (SSSR count). The summed E-state index contributed by atoms with van der Waals surface area (Å²) in [6.45, 7) is 0. The normalized spacial score (nSPS) is 10.9. The van der Waals surface area contributed by atoms with Crippen molar-refractivity contribution in [3.05, 3.63) is 82.9 Å². The van der Waals surface area contributed by atoms with Crippen molar-refractivity contribution in [2.24, 2.45) is 0 Å². The minimum atomic E-state index is 0.0430. The number of ketones is 1. The van der Waals surface area contributed by atoms with E-state index in [0.29, 0.717) is 17.0 Å². The summed E-state index contributed by atoms with van der Waals surface area (Å²) in [5.41, 5.74) is 3.39. The molecule has 0 aliphatic carbocycles. The molecule has 0 radical (unpaired) electrons. The lowest BCUT2D eigenvalue weighted by atomic mass is 10.0. The Labute approximate surface area is 166 Å². The predicted octanol–water partition coefficient (Wildman–Crippen LogP) is 6.05. The number of benzene rings is 3. The molecule has 0 aliphatic heterocycles. The summed E-state index contributed by atoms with van der Waals surface area (Å²) in [7, 11) is 1.60. The van der Waals surface area contributed by atoms with Crippen molar-refractivity contribution in [2.75, 3.05) is 7.11 Å². The van der Waals surface area contributed by atoms with Crippen molar-refractivity contribution >= 4 is 38.9 Å². The number of ether oxygens (including phenoxy) is 1. The summed E-state index contributed by atoms with van der Waals surface area (Å²) < 4.78 is 6.25. The van der Waals surface area contributed by atoms with E-state index in [-0.39, 0.29) is 5.78 Å². The van der Waals surface area contributed by atoms with Crippen molar-refractivity contribution in [2.45, 2.75) is 6.42 Å². The fourth-order valence-electron chi connectivity index (χ4n) is 2.89. The van der Waals surface area contributed by atoms with Gasteiger partial charge in [0.2, 0.25) is 0 Å². The highest BCUT2D eigenvalue weighted by Gasteiger charge is 2.12. The number of hydrogen-bond acceptors (Lipinski definition) is 4. The molecule has 4 aromatic rings. The molecular formula is C22H16ClNO2S. The van der Waals surface area contributed by atoms with Gasteiger partial charge in [-0.3, -0.25) is 4.79 Å². The van der Waals surface area contributed by atoms with Crippen molar-refractivity contribution in [1.29, 1.82) is 0 Å². The number of nitrogens with zero attached hydrogens (tertiary/aromatic N) is 1. The molecule has 0 unspecified atom stereocenters. The number of Topliss-reactive ketones (excluding diaryl/α,β-unsaturated/α-hetero) is 1. The number of rotatable bonds is 5. The first kappa shape index (κ1) is 17.7. The molecule has 0 saturated heterocycles. The van der Waals surface area contributed by atoms with Gasteiger partial charge in [-0.2, -0.15) is 0 Å². The third kappa shape index (κ3) is 3.72. The Hall–Kier alpha value is -2.69. The minimum Gasteiger partial charge on any atom is -0.497 e. The number of para-hydroxylation sites is 1. The minimum absolute atomic E-state index is 0.0430. The highest BCUT2D eigenvalue weighted by molar-refractivity contribution is 7.21. The molecule has 1 heterocycles. The molecule has 0 N–H and O–H groups in total. The fourth-order valence-corrected chi connectivity index (χ4v) is 4.25. The van der Waals surface area contributed by atoms with E-state index in [1.807, 2.05) is 42.5 Å². The maximum Gasteiger partial charge on any atom is 0.167 e. The van der Waals surface area contributed by atoms with Gasteiger partial charge in [0.25, 0.3) is 0 Å². The summed E-state index contributed by atoms with van der Waals surface area (Å²) in [6, 6.07) is 20.9. The Bertz CT molecular complexity index is 1090. The number of hydrogen-bond donors (Lipinski definition) is 0. The molecule has 134 valence electrons. The molecule has 5 heteroatoms. The van der Waals surface area contributed by atoms with Gasteiger partial charge < -0.3 is 4.74 Å². The molecule has 0 saturated carbocycles. The second kappa shape index (κ2) is 7.51. The lowest BCUT2D eigenvalue weighted by Crippen LogP contribution is -2.03. The average molecular weight is 394 g/mol. The molecule has 0 bridgehead atoms. The molecular weight excluding hydrogens is 378 g/mol. The first-order chi connectivity index (χ1) is 13.1. The van der Waals surface area contributed by atoms with Crippen LogP contribution in [-0.4, -0.2) is 17.9 Å².